The second-order valence-corrected chi connectivity index (χ2v) is 2.49. The standard InChI is InChI=1S/C6H10F4O2/c7-1-4(11)5(10)6(12,2-8)3-9/h4-5,11-12H,1-3H2. The van der Waals surface area contributed by atoms with Crippen LogP contribution in [0.3, 0.4) is 0 Å². The molecule has 0 spiro atoms. The van der Waals surface area contributed by atoms with Gasteiger partial charge in [-0.15, -0.1) is 0 Å². The fraction of sp³-hybridized carbons (Fsp3) is 1.00. The van der Waals surface area contributed by atoms with Crippen LogP contribution >= 0.6 is 0 Å². The van der Waals surface area contributed by atoms with E-state index < -0.39 is 37.9 Å². The molecule has 0 aliphatic carbocycles. The van der Waals surface area contributed by atoms with Crippen molar-refractivity contribution < 1.29 is 27.8 Å². The first kappa shape index (κ1) is 11.6. The first-order valence-corrected chi connectivity index (χ1v) is 3.24. The lowest BCUT2D eigenvalue weighted by molar-refractivity contribution is -0.112. The third-order valence-electron chi connectivity index (χ3n) is 1.47. The highest BCUT2D eigenvalue weighted by Gasteiger charge is 2.42. The van der Waals surface area contributed by atoms with Crippen LogP contribution in [0.2, 0.25) is 0 Å². The number of alkyl halides is 4. The van der Waals surface area contributed by atoms with E-state index >= 15 is 0 Å². The minimum Gasteiger partial charge on any atom is -0.387 e. The van der Waals surface area contributed by atoms with E-state index in [4.69, 9.17) is 10.2 Å². The van der Waals surface area contributed by atoms with Crippen molar-refractivity contribution >= 4 is 0 Å². The highest BCUT2D eigenvalue weighted by Crippen LogP contribution is 2.19. The smallest absolute Gasteiger partial charge is 0.162 e. The number of aliphatic hydroxyl groups excluding tert-OH is 1. The van der Waals surface area contributed by atoms with Gasteiger partial charge in [-0.25, -0.2) is 17.6 Å². The number of halogens is 4. The lowest BCUT2D eigenvalue weighted by Gasteiger charge is -2.27. The zero-order valence-electron chi connectivity index (χ0n) is 6.18. The van der Waals surface area contributed by atoms with E-state index in [1.54, 1.807) is 0 Å². The minimum atomic E-state index is -2.93. The average molecular weight is 190 g/mol. The van der Waals surface area contributed by atoms with Crippen LogP contribution in [-0.4, -0.2) is 48.1 Å². The molecule has 0 saturated carbocycles. The van der Waals surface area contributed by atoms with Gasteiger partial charge in [0.25, 0.3) is 0 Å². The van der Waals surface area contributed by atoms with Gasteiger partial charge in [-0.2, -0.15) is 0 Å². The van der Waals surface area contributed by atoms with Gasteiger partial charge < -0.3 is 10.2 Å². The van der Waals surface area contributed by atoms with Crippen LogP contribution in [0.5, 0.6) is 0 Å². The van der Waals surface area contributed by atoms with Crippen molar-refractivity contribution in [3.8, 4) is 0 Å². The Bertz CT molecular complexity index is 129. The monoisotopic (exact) mass is 190 g/mol. The summed E-state index contributed by atoms with van der Waals surface area (Å²) in [7, 11) is 0. The molecule has 6 heteroatoms. The molecule has 0 aromatic rings. The van der Waals surface area contributed by atoms with Gasteiger partial charge in [-0.05, 0) is 0 Å². The van der Waals surface area contributed by atoms with Crippen molar-refractivity contribution in [2.75, 3.05) is 20.0 Å². The fourth-order valence-corrected chi connectivity index (χ4v) is 0.619. The fourth-order valence-electron chi connectivity index (χ4n) is 0.619. The van der Waals surface area contributed by atoms with E-state index in [-0.39, 0.29) is 0 Å². The quantitative estimate of drug-likeness (QED) is 0.613. The molecular weight excluding hydrogens is 180 g/mol. The second kappa shape index (κ2) is 4.61. The van der Waals surface area contributed by atoms with Crippen LogP contribution in [0.25, 0.3) is 0 Å². The molecule has 2 unspecified atom stereocenters. The molecule has 0 bridgehead atoms. The van der Waals surface area contributed by atoms with Gasteiger partial charge in [-0.3, -0.25) is 0 Å². The highest BCUT2D eigenvalue weighted by atomic mass is 19.2. The molecule has 0 saturated heterocycles. The molecular formula is C6H10F4O2. The molecule has 2 atom stereocenters. The maximum absolute atomic E-state index is 12.6. The van der Waals surface area contributed by atoms with Crippen molar-refractivity contribution in [2.24, 2.45) is 0 Å². The maximum atomic E-state index is 12.6. The summed E-state index contributed by atoms with van der Waals surface area (Å²) in [5.41, 5.74) is -2.93. The van der Waals surface area contributed by atoms with Gasteiger partial charge >= 0.3 is 0 Å². The summed E-state index contributed by atoms with van der Waals surface area (Å²) in [5.74, 6) is 0. The molecule has 12 heavy (non-hydrogen) atoms. The molecule has 74 valence electrons. The lowest BCUT2D eigenvalue weighted by atomic mass is 9.97. The van der Waals surface area contributed by atoms with Crippen molar-refractivity contribution in [1.29, 1.82) is 0 Å². The van der Waals surface area contributed by atoms with E-state index in [2.05, 4.69) is 0 Å². The Morgan fingerprint density at radius 3 is 1.83 bits per heavy atom. The molecule has 0 amide bonds. The molecule has 2 nitrogen and oxygen atoms in total. The first-order chi connectivity index (χ1) is 5.51. The van der Waals surface area contributed by atoms with Crippen LogP contribution in [0.15, 0.2) is 0 Å². The molecule has 0 heterocycles. The van der Waals surface area contributed by atoms with E-state index in [9.17, 15) is 17.6 Å². The van der Waals surface area contributed by atoms with Crippen molar-refractivity contribution in [2.45, 2.75) is 17.9 Å². The van der Waals surface area contributed by atoms with Gasteiger partial charge in [-0.1, -0.05) is 0 Å². The average Bonchev–Trinajstić information content (AvgIpc) is 2.14. The normalized spacial score (nSPS) is 17.5. The molecule has 0 radical (unpaired) electrons. The van der Waals surface area contributed by atoms with Crippen LogP contribution in [0.1, 0.15) is 0 Å². The molecule has 0 fully saturated rings. The summed E-state index contributed by atoms with van der Waals surface area (Å²) in [6, 6.07) is 0. The summed E-state index contributed by atoms with van der Waals surface area (Å²) in [6.07, 6.45) is -4.85. The molecule has 0 aliphatic rings. The van der Waals surface area contributed by atoms with Gasteiger partial charge in [0.05, 0.1) is 0 Å². The minimum absolute atomic E-state index is 1.50. The third-order valence-corrected chi connectivity index (χ3v) is 1.47. The third kappa shape index (κ3) is 2.31. The van der Waals surface area contributed by atoms with Crippen LogP contribution in [0, 0.1) is 0 Å². The summed E-state index contributed by atoms with van der Waals surface area (Å²) in [4.78, 5) is 0. The number of rotatable bonds is 5. The molecule has 0 aliphatic heterocycles. The first-order valence-electron chi connectivity index (χ1n) is 3.24. The van der Waals surface area contributed by atoms with Gasteiger partial charge in [0.15, 0.2) is 11.8 Å². The Labute approximate surface area is 66.8 Å². The van der Waals surface area contributed by atoms with Gasteiger partial charge in [0, 0.05) is 0 Å². The summed E-state index contributed by atoms with van der Waals surface area (Å²) >= 11 is 0. The maximum Gasteiger partial charge on any atom is 0.162 e. The Balaban J connectivity index is 4.29. The predicted octanol–water partition coefficient (Wildman–Crippen LogP) is 0.325. The van der Waals surface area contributed by atoms with E-state index in [1.165, 1.54) is 0 Å². The second-order valence-electron chi connectivity index (χ2n) is 2.49. The van der Waals surface area contributed by atoms with Crippen molar-refractivity contribution in [1.82, 2.24) is 0 Å². The summed E-state index contributed by atoms with van der Waals surface area (Å²) in [6.45, 7) is -4.91. The zero-order valence-corrected chi connectivity index (χ0v) is 6.18. The Kier molecular flexibility index (Phi) is 4.47. The zero-order chi connectivity index (χ0) is 9.78. The predicted molar refractivity (Wildman–Crippen MR) is 33.8 cm³/mol. The van der Waals surface area contributed by atoms with Crippen LogP contribution in [0.4, 0.5) is 17.6 Å². The SMILES string of the molecule is OC(CF)C(F)C(O)(CF)CF. The summed E-state index contributed by atoms with van der Waals surface area (Å²) in [5, 5.41) is 17.2. The highest BCUT2D eigenvalue weighted by molar-refractivity contribution is 4.90. The molecule has 0 rings (SSSR count). The topological polar surface area (TPSA) is 40.5 Å². The van der Waals surface area contributed by atoms with Gasteiger partial charge in [0.1, 0.15) is 26.1 Å². The van der Waals surface area contributed by atoms with E-state index in [1.807, 2.05) is 0 Å². The molecule has 0 aromatic carbocycles. The number of hydrogen-bond donors (Lipinski definition) is 2. The Morgan fingerprint density at radius 1 is 1.17 bits per heavy atom. The van der Waals surface area contributed by atoms with Crippen molar-refractivity contribution in [3.63, 3.8) is 0 Å². The van der Waals surface area contributed by atoms with Crippen LogP contribution < -0.4 is 0 Å². The Morgan fingerprint density at radius 2 is 1.58 bits per heavy atom. The van der Waals surface area contributed by atoms with Gasteiger partial charge in [0.2, 0.25) is 0 Å². The van der Waals surface area contributed by atoms with E-state index in [0.717, 1.165) is 0 Å². The lowest BCUT2D eigenvalue weighted by Crippen LogP contribution is -2.50. The summed E-state index contributed by atoms with van der Waals surface area (Å²) < 4.78 is 47.9. The molecule has 0 aromatic heterocycles. The largest absolute Gasteiger partial charge is 0.387 e. The van der Waals surface area contributed by atoms with E-state index in [0.29, 0.717) is 0 Å². The Hall–Kier alpha value is -0.360. The van der Waals surface area contributed by atoms with Crippen LogP contribution in [-0.2, 0) is 0 Å². The van der Waals surface area contributed by atoms with Crippen molar-refractivity contribution in [3.05, 3.63) is 0 Å². The number of aliphatic hydroxyl groups is 2. The number of hydrogen-bond acceptors (Lipinski definition) is 2. The molecule has 2 N–H and O–H groups in total.